The minimum Gasteiger partial charge on any atom is -0.481 e. The Kier molecular flexibility index (Phi) is 28.4. The highest BCUT2D eigenvalue weighted by atomic mass is 16.6. The van der Waals surface area contributed by atoms with E-state index in [9.17, 15) is 52.7 Å². The number of aliphatic hydroxyl groups is 1. The van der Waals surface area contributed by atoms with Gasteiger partial charge < -0.3 is 82.5 Å². The summed E-state index contributed by atoms with van der Waals surface area (Å²) < 4.78 is 19.2. The summed E-state index contributed by atoms with van der Waals surface area (Å²) in [6.07, 6.45) is -0.712. The molecule has 0 unspecified atom stereocenters. The number of alkyl carbamates (subject to hydrolysis) is 2. The Morgan fingerprint density at radius 2 is 1.05 bits per heavy atom. The van der Waals surface area contributed by atoms with Gasteiger partial charge in [0.1, 0.15) is 50.6 Å². The standard InChI is InChI=1S/C35H54N10O18/c1-3-27(51)60-12-14-62-34(58)39-10-6-5-8-21(45-35(59)63-15-13-61-28(52)4-2)30(54)41-17-24(47)42-20(9-7-11-38-33(36)37)29(53)40-18-25(48)43-22(16-26(49)50)31(55)44-23(19-46)32(56)57/h3-4,20-23,46H,1-2,5-19H2,(H,39,58)(H,40,53)(H,41,54)(H,42,47)(H,43,48)(H,44,55)(H,45,59)(H,49,50)(H,56,57)(H4,36,37,38)/t20-,21-,22-,23-/m0/s1. The van der Waals surface area contributed by atoms with E-state index in [1.807, 2.05) is 10.6 Å². The zero-order valence-electron chi connectivity index (χ0n) is 34.0. The summed E-state index contributed by atoms with van der Waals surface area (Å²) in [6.45, 7) is 2.73. The predicted octanol–water partition coefficient (Wildman–Crippen LogP) is -5.06. The fraction of sp³-hybridized carbons (Fsp3) is 0.543. The van der Waals surface area contributed by atoms with Crippen molar-refractivity contribution in [1.29, 1.82) is 5.41 Å². The molecule has 0 bridgehead atoms. The van der Waals surface area contributed by atoms with E-state index in [1.165, 1.54) is 0 Å². The Labute approximate surface area is 359 Å². The van der Waals surface area contributed by atoms with E-state index in [1.54, 1.807) is 0 Å². The number of esters is 2. The first-order valence-corrected chi connectivity index (χ1v) is 18.8. The minimum absolute atomic E-state index is 0.0598. The van der Waals surface area contributed by atoms with E-state index in [0.29, 0.717) is 0 Å². The Bertz CT molecular complexity index is 1640. The van der Waals surface area contributed by atoms with Crippen LogP contribution in [0.15, 0.2) is 25.3 Å². The van der Waals surface area contributed by atoms with E-state index < -0.39 is 128 Å². The molecule has 28 heteroatoms. The van der Waals surface area contributed by atoms with Gasteiger partial charge in [0.25, 0.3) is 0 Å². The van der Waals surface area contributed by atoms with Crippen molar-refractivity contribution in [2.24, 2.45) is 5.73 Å². The van der Waals surface area contributed by atoms with Crippen LogP contribution >= 0.6 is 0 Å². The first-order chi connectivity index (χ1) is 29.8. The molecule has 63 heavy (non-hydrogen) atoms. The van der Waals surface area contributed by atoms with Crippen LogP contribution in [0.4, 0.5) is 9.59 Å². The van der Waals surface area contributed by atoms with Gasteiger partial charge in [0.15, 0.2) is 5.96 Å². The van der Waals surface area contributed by atoms with Crippen molar-refractivity contribution in [2.75, 3.05) is 59.2 Å². The van der Waals surface area contributed by atoms with Gasteiger partial charge >= 0.3 is 36.1 Å². The van der Waals surface area contributed by atoms with Crippen LogP contribution in [0.2, 0.25) is 0 Å². The number of carbonyl (C=O) groups is 11. The van der Waals surface area contributed by atoms with Crippen LogP contribution in [-0.2, 0) is 62.1 Å². The lowest BCUT2D eigenvalue weighted by Gasteiger charge is -2.21. The topological polar surface area (TPSA) is 431 Å². The lowest BCUT2D eigenvalue weighted by molar-refractivity contribution is -0.144. The molecule has 0 saturated carbocycles. The first-order valence-electron chi connectivity index (χ1n) is 18.8. The van der Waals surface area contributed by atoms with Gasteiger partial charge in [-0.05, 0) is 32.1 Å². The third-order valence-electron chi connectivity index (χ3n) is 7.56. The maximum atomic E-state index is 13.2. The number of hydrogen-bond donors (Lipinski definition) is 13. The molecule has 0 spiro atoms. The fourth-order valence-electron chi connectivity index (χ4n) is 4.55. The molecular formula is C35H54N10O18. The van der Waals surface area contributed by atoms with E-state index in [4.69, 9.17) is 40.7 Å². The number of nitrogens with two attached hydrogens (primary N) is 1. The summed E-state index contributed by atoms with van der Waals surface area (Å²) in [5.74, 6) is -10.2. The smallest absolute Gasteiger partial charge is 0.407 e. The molecule has 0 rings (SSSR count). The highest BCUT2D eigenvalue weighted by Gasteiger charge is 2.29. The molecular weight excluding hydrogens is 848 g/mol. The van der Waals surface area contributed by atoms with Gasteiger partial charge in [0.05, 0.1) is 26.1 Å². The lowest BCUT2D eigenvalue weighted by Crippen LogP contribution is -2.55. The van der Waals surface area contributed by atoms with Crippen LogP contribution in [0.5, 0.6) is 0 Å². The number of carboxylic acids is 2. The SMILES string of the molecule is C=CC(=O)OCCOC(=O)NCCCC[C@H](NC(=O)OCCOC(=O)C=C)C(=O)NCC(=O)N[C@@H](CCCNC(=N)N)C(=O)NCC(=O)N[C@@H](CC(=O)O)C(=O)N[C@@H](CO)C(=O)O. The maximum absolute atomic E-state index is 13.2. The molecule has 0 aliphatic heterocycles. The number of guanidine groups is 1. The second kappa shape index (κ2) is 32.3. The van der Waals surface area contributed by atoms with E-state index >= 15 is 0 Å². The highest BCUT2D eigenvalue weighted by Crippen LogP contribution is 2.03. The lowest BCUT2D eigenvalue weighted by atomic mass is 10.1. The Morgan fingerprint density at radius 1 is 0.571 bits per heavy atom. The zero-order chi connectivity index (χ0) is 47.7. The minimum atomic E-state index is -1.83. The number of ether oxygens (including phenoxy) is 4. The van der Waals surface area contributed by atoms with Crippen LogP contribution < -0.4 is 48.3 Å². The summed E-state index contributed by atoms with van der Waals surface area (Å²) in [7, 11) is 0. The number of hydrogen-bond acceptors (Lipinski definition) is 17. The molecule has 4 atom stereocenters. The number of aliphatic hydroxyl groups excluding tert-OH is 1. The number of rotatable bonds is 32. The van der Waals surface area contributed by atoms with Gasteiger partial charge in [0.2, 0.25) is 29.5 Å². The van der Waals surface area contributed by atoms with Crippen molar-refractivity contribution in [1.82, 2.24) is 42.5 Å². The molecule has 0 aromatic carbocycles. The van der Waals surface area contributed by atoms with Gasteiger partial charge in [-0.3, -0.25) is 34.2 Å². The van der Waals surface area contributed by atoms with Crippen molar-refractivity contribution < 1.29 is 87.0 Å². The number of carbonyl (C=O) groups excluding carboxylic acids is 9. The van der Waals surface area contributed by atoms with Crippen molar-refractivity contribution in [2.45, 2.75) is 62.7 Å². The molecule has 0 heterocycles. The molecule has 0 aliphatic carbocycles. The van der Waals surface area contributed by atoms with Crippen LogP contribution in [0.3, 0.4) is 0 Å². The summed E-state index contributed by atoms with van der Waals surface area (Å²) in [6, 6.07) is -6.36. The number of amides is 7. The summed E-state index contributed by atoms with van der Waals surface area (Å²) >= 11 is 0. The van der Waals surface area contributed by atoms with Crippen molar-refractivity contribution >= 4 is 71.6 Å². The van der Waals surface area contributed by atoms with Gasteiger partial charge in [0, 0.05) is 25.2 Å². The van der Waals surface area contributed by atoms with Gasteiger partial charge in [-0.2, -0.15) is 0 Å². The van der Waals surface area contributed by atoms with Gasteiger partial charge in [-0.1, -0.05) is 13.2 Å². The Hall–Kier alpha value is -7.52. The zero-order valence-corrected chi connectivity index (χ0v) is 34.0. The Balaban J connectivity index is 5.58. The number of nitrogens with one attached hydrogen (secondary N) is 9. The third kappa shape index (κ3) is 27.8. The molecule has 0 aliphatic rings. The molecule has 14 N–H and O–H groups in total. The number of carboxylic acid groups (broad SMARTS) is 2. The monoisotopic (exact) mass is 902 g/mol. The second-order valence-electron chi connectivity index (χ2n) is 12.5. The molecule has 0 aromatic heterocycles. The Morgan fingerprint density at radius 3 is 1.54 bits per heavy atom. The van der Waals surface area contributed by atoms with Crippen LogP contribution in [0, 0.1) is 5.41 Å². The van der Waals surface area contributed by atoms with Crippen LogP contribution in [-0.4, -0.2) is 170 Å². The number of aliphatic carboxylic acids is 2. The van der Waals surface area contributed by atoms with Gasteiger partial charge in [-0.15, -0.1) is 0 Å². The van der Waals surface area contributed by atoms with Crippen molar-refractivity contribution in [3.63, 3.8) is 0 Å². The summed E-state index contributed by atoms with van der Waals surface area (Å²) in [4.78, 5) is 133. The third-order valence-corrected chi connectivity index (χ3v) is 7.56. The number of unbranched alkanes of at least 4 members (excludes halogenated alkanes) is 1. The summed E-state index contributed by atoms with van der Waals surface area (Å²) in [5.41, 5.74) is 5.27. The fourth-order valence-corrected chi connectivity index (χ4v) is 4.55. The summed E-state index contributed by atoms with van der Waals surface area (Å²) in [5, 5.41) is 52.6. The molecule has 0 fully saturated rings. The average molecular weight is 903 g/mol. The quantitative estimate of drug-likeness (QED) is 0.00750. The largest absolute Gasteiger partial charge is 0.481 e. The maximum Gasteiger partial charge on any atom is 0.407 e. The molecule has 0 saturated heterocycles. The van der Waals surface area contributed by atoms with Crippen molar-refractivity contribution in [3.8, 4) is 0 Å². The molecule has 0 radical (unpaired) electrons. The molecule has 352 valence electrons. The van der Waals surface area contributed by atoms with E-state index in [0.717, 1.165) is 12.2 Å². The van der Waals surface area contributed by atoms with Gasteiger partial charge in [-0.25, -0.2) is 24.0 Å². The average Bonchev–Trinajstić information content (AvgIpc) is 3.23. The van der Waals surface area contributed by atoms with Crippen LogP contribution in [0.25, 0.3) is 0 Å². The predicted molar refractivity (Wildman–Crippen MR) is 212 cm³/mol. The van der Waals surface area contributed by atoms with E-state index in [-0.39, 0.29) is 65.0 Å². The molecule has 7 amide bonds. The first kappa shape index (κ1) is 55.5. The molecule has 28 nitrogen and oxygen atoms in total. The normalized spacial score (nSPS) is 12.1. The molecule has 0 aromatic rings. The van der Waals surface area contributed by atoms with Crippen molar-refractivity contribution in [3.05, 3.63) is 25.3 Å². The van der Waals surface area contributed by atoms with Crippen LogP contribution in [0.1, 0.15) is 38.5 Å². The highest BCUT2D eigenvalue weighted by molar-refractivity contribution is 5.95. The second-order valence-corrected chi connectivity index (χ2v) is 12.5. The van der Waals surface area contributed by atoms with E-state index in [2.05, 4.69) is 49.8 Å².